The van der Waals surface area contributed by atoms with Crippen molar-refractivity contribution in [2.24, 2.45) is 0 Å². The predicted octanol–water partition coefficient (Wildman–Crippen LogP) is 2.08. The van der Waals surface area contributed by atoms with Crippen LogP contribution in [0.25, 0.3) is 11.4 Å². The molecule has 1 unspecified atom stereocenters. The number of piperazine rings is 1. The number of rotatable bonds is 7. The number of aryl methyl sites for hydroxylation is 1. The highest BCUT2D eigenvalue weighted by atomic mass is 16.5. The van der Waals surface area contributed by atoms with Crippen molar-refractivity contribution in [1.82, 2.24) is 25.3 Å². The van der Waals surface area contributed by atoms with Gasteiger partial charge in [0.2, 0.25) is 17.6 Å². The van der Waals surface area contributed by atoms with Crippen molar-refractivity contribution in [1.29, 1.82) is 0 Å². The van der Waals surface area contributed by atoms with Gasteiger partial charge >= 0.3 is 0 Å². The van der Waals surface area contributed by atoms with Crippen LogP contribution in [0.1, 0.15) is 38.1 Å². The van der Waals surface area contributed by atoms with Crippen LogP contribution < -0.4 is 5.32 Å². The van der Waals surface area contributed by atoms with Crippen LogP contribution in [0.3, 0.4) is 0 Å². The first-order valence-corrected chi connectivity index (χ1v) is 10.3. The van der Waals surface area contributed by atoms with Crippen molar-refractivity contribution in [3.05, 3.63) is 35.7 Å². The highest BCUT2D eigenvalue weighted by Gasteiger charge is 2.30. The summed E-state index contributed by atoms with van der Waals surface area (Å²) in [6, 6.07) is 8.64. The van der Waals surface area contributed by atoms with Gasteiger partial charge in [-0.05, 0) is 31.7 Å². The number of amides is 1. The van der Waals surface area contributed by atoms with Gasteiger partial charge in [-0.2, -0.15) is 4.98 Å². The van der Waals surface area contributed by atoms with Crippen LogP contribution in [0.15, 0.2) is 28.8 Å². The molecule has 2 aliphatic rings. The first-order valence-electron chi connectivity index (χ1n) is 10.3. The summed E-state index contributed by atoms with van der Waals surface area (Å²) in [5.74, 6) is 1.44. The molecule has 0 radical (unpaired) electrons. The Morgan fingerprint density at radius 1 is 1.21 bits per heavy atom. The molecule has 2 fully saturated rings. The maximum absolute atomic E-state index is 12.2. The Kier molecular flexibility index (Phi) is 5.73. The summed E-state index contributed by atoms with van der Waals surface area (Å²) in [6.45, 7) is 8.32. The van der Waals surface area contributed by atoms with Crippen molar-refractivity contribution < 1.29 is 9.32 Å². The topological polar surface area (TPSA) is 74.5 Å². The van der Waals surface area contributed by atoms with Crippen molar-refractivity contribution in [2.45, 2.75) is 51.7 Å². The second-order valence-corrected chi connectivity index (χ2v) is 7.83. The Bertz CT molecular complexity index is 791. The number of nitrogens with one attached hydrogen (secondary N) is 1. The van der Waals surface area contributed by atoms with E-state index >= 15 is 0 Å². The molecule has 1 N–H and O–H groups in total. The fourth-order valence-electron chi connectivity index (χ4n) is 3.54. The smallest absolute Gasteiger partial charge is 0.241 e. The average Bonchev–Trinajstić information content (AvgIpc) is 3.43. The predicted molar refractivity (Wildman–Crippen MR) is 107 cm³/mol. The zero-order chi connectivity index (χ0) is 19.5. The number of aromatic nitrogens is 2. The van der Waals surface area contributed by atoms with E-state index in [-0.39, 0.29) is 11.9 Å². The van der Waals surface area contributed by atoms with Crippen molar-refractivity contribution >= 4 is 5.91 Å². The van der Waals surface area contributed by atoms with Gasteiger partial charge in [0.1, 0.15) is 0 Å². The molecular weight excluding hydrogens is 354 g/mol. The van der Waals surface area contributed by atoms with Gasteiger partial charge in [-0.15, -0.1) is 0 Å². The summed E-state index contributed by atoms with van der Waals surface area (Å²) >= 11 is 0. The molecule has 1 amide bonds. The molecule has 2 aromatic rings. The summed E-state index contributed by atoms with van der Waals surface area (Å²) in [5.41, 5.74) is 2.28. The molecule has 2 heterocycles. The molecule has 0 bridgehead atoms. The van der Waals surface area contributed by atoms with E-state index in [1.54, 1.807) is 0 Å². The van der Waals surface area contributed by atoms with Crippen LogP contribution in [0.5, 0.6) is 0 Å². The highest BCUT2D eigenvalue weighted by molar-refractivity contribution is 5.81. The second kappa shape index (κ2) is 8.41. The number of carbonyl (C=O) groups is 1. The molecular formula is C21H29N5O2. The number of hydrogen-bond acceptors (Lipinski definition) is 6. The minimum absolute atomic E-state index is 0.0659. The Morgan fingerprint density at radius 2 is 1.93 bits per heavy atom. The lowest BCUT2D eigenvalue weighted by Crippen LogP contribution is -2.53. The van der Waals surface area contributed by atoms with Gasteiger partial charge in [-0.1, -0.05) is 36.3 Å². The first-order chi connectivity index (χ1) is 13.6. The molecule has 1 aliphatic carbocycles. The zero-order valence-corrected chi connectivity index (χ0v) is 16.7. The van der Waals surface area contributed by atoms with Gasteiger partial charge in [-0.25, -0.2) is 0 Å². The minimum Gasteiger partial charge on any atom is -0.352 e. The molecule has 4 rings (SSSR count). The lowest BCUT2D eigenvalue weighted by Gasteiger charge is -2.36. The van der Waals surface area contributed by atoms with Gasteiger partial charge in [0.25, 0.3) is 0 Å². The van der Waals surface area contributed by atoms with E-state index in [9.17, 15) is 4.79 Å². The SMILES string of the molecule is CCc1ccc(-c2noc(CN3CCN(C(C)C(=O)NC4CC4)CC3)n2)cc1. The summed E-state index contributed by atoms with van der Waals surface area (Å²) in [5, 5.41) is 7.23. The lowest BCUT2D eigenvalue weighted by molar-refractivity contribution is -0.126. The third kappa shape index (κ3) is 4.59. The third-order valence-corrected chi connectivity index (χ3v) is 5.71. The molecule has 1 atom stereocenters. The number of hydrogen-bond donors (Lipinski definition) is 1. The second-order valence-electron chi connectivity index (χ2n) is 7.83. The monoisotopic (exact) mass is 383 g/mol. The number of benzene rings is 1. The van der Waals surface area contributed by atoms with Crippen molar-refractivity contribution in [3.63, 3.8) is 0 Å². The van der Waals surface area contributed by atoms with Gasteiger partial charge < -0.3 is 9.84 Å². The van der Waals surface area contributed by atoms with Crippen molar-refractivity contribution in [3.8, 4) is 11.4 Å². The minimum atomic E-state index is -0.0659. The molecule has 1 aliphatic heterocycles. The fraction of sp³-hybridized carbons (Fsp3) is 0.571. The molecule has 1 aromatic heterocycles. The lowest BCUT2D eigenvalue weighted by atomic mass is 10.1. The van der Waals surface area contributed by atoms with Crippen LogP contribution in [-0.4, -0.2) is 64.1 Å². The van der Waals surface area contributed by atoms with Crippen LogP contribution in [0.4, 0.5) is 0 Å². The van der Waals surface area contributed by atoms with E-state index in [0.29, 0.717) is 24.3 Å². The summed E-state index contributed by atoms with van der Waals surface area (Å²) in [6.07, 6.45) is 3.27. The molecule has 7 nitrogen and oxygen atoms in total. The van der Waals surface area contributed by atoms with E-state index in [1.165, 1.54) is 5.56 Å². The van der Waals surface area contributed by atoms with Gasteiger partial charge in [0, 0.05) is 37.8 Å². The van der Waals surface area contributed by atoms with Crippen LogP contribution >= 0.6 is 0 Å². The average molecular weight is 383 g/mol. The van der Waals surface area contributed by atoms with Gasteiger partial charge in [-0.3, -0.25) is 14.6 Å². The fourth-order valence-corrected chi connectivity index (χ4v) is 3.54. The summed E-state index contributed by atoms with van der Waals surface area (Å²) in [4.78, 5) is 21.4. The van der Waals surface area contributed by atoms with E-state index < -0.39 is 0 Å². The normalized spacial score (nSPS) is 19.5. The van der Waals surface area contributed by atoms with E-state index in [1.807, 2.05) is 19.1 Å². The molecule has 1 saturated carbocycles. The largest absolute Gasteiger partial charge is 0.352 e. The van der Waals surface area contributed by atoms with Gasteiger partial charge in [0.05, 0.1) is 12.6 Å². The highest BCUT2D eigenvalue weighted by Crippen LogP contribution is 2.20. The first kappa shape index (κ1) is 19.1. The van der Waals surface area contributed by atoms with Crippen LogP contribution in [0.2, 0.25) is 0 Å². The Labute approximate surface area is 166 Å². The molecule has 150 valence electrons. The van der Waals surface area contributed by atoms with E-state index in [0.717, 1.165) is 51.0 Å². The maximum Gasteiger partial charge on any atom is 0.241 e. The van der Waals surface area contributed by atoms with Gasteiger partial charge in [0.15, 0.2) is 0 Å². The molecule has 0 spiro atoms. The van der Waals surface area contributed by atoms with E-state index in [4.69, 9.17) is 4.52 Å². The van der Waals surface area contributed by atoms with Crippen molar-refractivity contribution in [2.75, 3.05) is 26.2 Å². The molecule has 7 heteroatoms. The van der Waals surface area contributed by atoms with Crippen LogP contribution in [-0.2, 0) is 17.8 Å². The standard InChI is InChI=1S/C21H29N5O2/c1-3-16-4-6-17(7-5-16)20-23-19(28-24-20)14-25-10-12-26(13-11-25)15(2)21(27)22-18-8-9-18/h4-7,15,18H,3,8-14H2,1-2H3,(H,22,27). The third-order valence-electron chi connectivity index (χ3n) is 5.71. The Balaban J connectivity index is 1.27. The number of carbonyl (C=O) groups excluding carboxylic acids is 1. The van der Waals surface area contributed by atoms with E-state index in [2.05, 4.69) is 44.3 Å². The molecule has 1 saturated heterocycles. The summed E-state index contributed by atoms with van der Waals surface area (Å²) < 4.78 is 5.46. The quantitative estimate of drug-likeness (QED) is 0.789. The Hall–Kier alpha value is -2.25. The molecule has 28 heavy (non-hydrogen) atoms. The molecule has 1 aromatic carbocycles. The Morgan fingerprint density at radius 3 is 2.57 bits per heavy atom. The van der Waals surface area contributed by atoms with Crippen LogP contribution in [0, 0.1) is 0 Å². The zero-order valence-electron chi connectivity index (χ0n) is 16.7. The summed E-state index contributed by atoms with van der Waals surface area (Å²) in [7, 11) is 0. The number of nitrogens with zero attached hydrogens (tertiary/aromatic N) is 4. The maximum atomic E-state index is 12.2.